The van der Waals surface area contributed by atoms with Crippen LogP contribution in [0.25, 0.3) is 0 Å². The summed E-state index contributed by atoms with van der Waals surface area (Å²) in [6.45, 7) is 3.98. The first-order chi connectivity index (χ1) is 8.18. The molecule has 2 N–H and O–H groups in total. The molecule has 0 aliphatic carbocycles. The maximum Gasteiger partial charge on any atom is 0.181 e. The van der Waals surface area contributed by atoms with E-state index in [0.29, 0.717) is 19.0 Å². The Balaban J connectivity index is 2.97. The summed E-state index contributed by atoms with van der Waals surface area (Å²) in [5.74, 6) is -1.95. The molecule has 0 bridgehead atoms. The van der Waals surface area contributed by atoms with E-state index in [9.17, 15) is 17.2 Å². The van der Waals surface area contributed by atoms with Crippen molar-refractivity contribution in [3.8, 4) is 0 Å². The third-order valence-electron chi connectivity index (χ3n) is 2.83. The summed E-state index contributed by atoms with van der Waals surface area (Å²) in [7, 11) is -3.83. The van der Waals surface area contributed by atoms with Crippen molar-refractivity contribution in [3.63, 3.8) is 0 Å². The second-order valence-electron chi connectivity index (χ2n) is 5.01. The summed E-state index contributed by atoms with van der Waals surface area (Å²) in [4.78, 5) is -0.588. The molecule has 0 saturated carbocycles. The van der Waals surface area contributed by atoms with Gasteiger partial charge >= 0.3 is 0 Å². The smallest absolute Gasteiger partial charge is 0.181 e. The van der Waals surface area contributed by atoms with Crippen LogP contribution in [-0.4, -0.2) is 20.7 Å². The molecule has 1 aromatic carbocycles. The minimum Gasteiger partial charge on any atom is -0.330 e. The lowest BCUT2D eigenvalue weighted by Crippen LogP contribution is -2.26. The Morgan fingerprint density at radius 1 is 1.28 bits per heavy atom. The highest BCUT2D eigenvalue weighted by atomic mass is 32.2. The van der Waals surface area contributed by atoms with Crippen molar-refractivity contribution < 1.29 is 17.2 Å². The topological polar surface area (TPSA) is 60.2 Å². The molecule has 0 atom stereocenters. The Morgan fingerprint density at radius 2 is 1.89 bits per heavy atom. The van der Waals surface area contributed by atoms with E-state index < -0.39 is 26.4 Å². The zero-order valence-electron chi connectivity index (χ0n) is 10.4. The van der Waals surface area contributed by atoms with Gasteiger partial charge in [0.2, 0.25) is 0 Å². The van der Waals surface area contributed by atoms with Gasteiger partial charge in [0.15, 0.2) is 9.84 Å². The SMILES string of the molecule is CC(C)(CN)CCS(=O)(=O)c1cc(F)ccc1F. The van der Waals surface area contributed by atoms with E-state index in [-0.39, 0.29) is 11.2 Å². The molecule has 3 nitrogen and oxygen atoms in total. The number of nitrogens with two attached hydrogens (primary N) is 1. The first-order valence-electron chi connectivity index (χ1n) is 5.56. The van der Waals surface area contributed by atoms with E-state index in [2.05, 4.69) is 0 Å². The zero-order chi connectivity index (χ0) is 14.0. The molecule has 0 saturated heterocycles. The number of hydrogen-bond acceptors (Lipinski definition) is 3. The molecule has 0 radical (unpaired) electrons. The van der Waals surface area contributed by atoms with Crippen LogP contribution in [0.3, 0.4) is 0 Å². The molecule has 0 aliphatic rings. The highest BCUT2D eigenvalue weighted by Crippen LogP contribution is 2.23. The van der Waals surface area contributed by atoms with Crippen LogP contribution >= 0.6 is 0 Å². The van der Waals surface area contributed by atoms with Gasteiger partial charge in [-0.3, -0.25) is 0 Å². The van der Waals surface area contributed by atoms with Gasteiger partial charge < -0.3 is 5.73 Å². The standard InChI is InChI=1S/C12H17F2NO2S/c1-12(2,8-15)5-6-18(16,17)11-7-9(13)3-4-10(11)14/h3-4,7H,5-6,8,15H2,1-2H3. The summed E-state index contributed by atoms with van der Waals surface area (Å²) in [6.07, 6.45) is 0.293. The molecule has 0 fully saturated rings. The molecule has 0 amide bonds. The van der Waals surface area contributed by atoms with Crippen LogP contribution in [0, 0.1) is 17.0 Å². The quantitative estimate of drug-likeness (QED) is 0.896. The van der Waals surface area contributed by atoms with Crippen LogP contribution in [0.15, 0.2) is 23.1 Å². The summed E-state index contributed by atoms with van der Waals surface area (Å²) in [5, 5.41) is 0. The Kier molecular flexibility index (Phi) is 4.45. The predicted octanol–water partition coefficient (Wildman–Crippen LogP) is 2.11. The normalized spacial score (nSPS) is 12.7. The highest BCUT2D eigenvalue weighted by molar-refractivity contribution is 7.91. The fourth-order valence-electron chi connectivity index (χ4n) is 1.34. The largest absolute Gasteiger partial charge is 0.330 e. The molecule has 18 heavy (non-hydrogen) atoms. The van der Waals surface area contributed by atoms with Crippen LogP contribution in [0.5, 0.6) is 0 Å². The van der Waals surface area contributed by atoms with Crippen molar-refractivity contribution in [1.82, 2.24) is 0 Å². The minimum absolute atomic E-state index is 0.252. The lowest BCUT2D eigenvalue weighted by atomic mass is 9.91. The Hall–Kier alpha value is -1.01. The molecule has 0 unspecified atom stereocenters. The Bertz CT molecular complexity index is 527. The molecule has 102 valence electrons. The molecule has 1 rings (SSSR count). The van der Waals surface area contributed by atoms with Gasteiger partial charge in [0.1, 0.15) is 16.5 Å². The third-order valence-corrected chi connectivity index (χ3v) is 4.55. The van der Waals surface area contributed by atoms with Crippen molar-refractivity contribution in [2.24, 2.45) is 11.1 Å². The summed E-state index contributed by atoms with van der Waals surface area (Å²) in [6, 6.07) is 2.41. The van der Waals surface area contributed by atoms with Crippen LogP contribution in [0.2, 0.25) is 0 Å². The molecule has 0 heterocycles. The fourth-order valence-corrected chi connectivity index (χ4v) is 3.04. The average molecular weight is 277 g/mol. The first kappa shape index (κ1) is 15.0. The van der Waals surface area contributed by atoms with Gasteiger partial charge in [0.25, 0.3) is 0 Å². The fraction of sp³-hybridized carbons (Fsp3) is 0.500. The van der Waals surface area contributed by atoms with Crippen molar-refractivity contribution in [1.29, 1.82) is 0 Å². The van der Waals surface area contributed by atoms with E-state index >= 15 is 0 Å². The van der Waals surface area contributed by atoms with Crippen molar-refractivity contribution in [2.45, 2.75) is 25.2 Å². The molecule has 1 aromatic rings. The molecule has 0 aromatic heterocycles. The van der Waals surface area contributed by atoms with Gasteiger partial charge in [-0.2, -0.15) is 0 Å². The lowest BCUT2D eigenvalue weighted by molar-refractivity contribution is 0.364. The Morgan fingerprint density at radius 3 is 2.44 bits per heavy atom. The molecule has 0 aliphatic heterocycles. The van der Waals surface area contributed by atoms with Crippen molar-refractivity contribution in [2.75, 3.05) is 12.3 Å². The maximum absolute atomic E-state index is 13.4. The second kappa shape index (κ2) is 5.32. The van der Waals surface area contributed by atoms with Gasteiger partial charge in [0.05, 0.1) is 5.75 Å². The van der Waals surface area contributed by atoms with Gasteiger partial charge in [-0.05, 0) is 36.6 Å². The second-order valence-corrected chi connectivity index (χ2v) is 7.09. The van der Waals surface area contributed by atoms with Crippen LogP contribution < -0.4 is 5.73 Å². The van der Waals surface area contributed by atoms with E-state index in [1.54, 1.807) is 0 Å². The summed E-state index contributed by atoms with van der Waals surface area (Å²) < 4.78 is 50.2. The molecular weight excluding hydrogens is 260 g/mol. The number of rotatable bonds is 5. The van der Waals surface area contributed by atoms with Crippen LogP contribution in [-0.2, 0) is 9.84 Å². The monoisotopic (exact) mass is 277 g/mol. The third kappa shape index (κ3) is 3.74. The van der Waals surface area contributed by atoms with Gasteiger partial charge in [-0.25, -0.2) is 17.2 Å². The minimum atomic E-state index is -3.83. The number of benzene rings is 1. The average Bonchev–Trinajstić information content (AvgIpc) is 2.30. The van der Waals surface area contributed by atoms with Gasteiger partial charge in [-0.15, -0.1) is 0 Å². The lowest BCUT2D eigenvalue weighted by Gasteiger charge is -2.21. The number of halogens is 2. The summed E-state index contributed by atoms with van der Waals surface area (Å²) in [5.41, 5.74) is 5.15. The molecular formula is C12H17F2NO2S. The van der Waals surface area contributed by atoms with Gasteiger partial charge in [-0.1, -0.05) is 13.8 Å². The molecule has 6 heteroatoms. The van der Waals surface area contributed by atoms with E-state index in [0.717, 1.165) is 12.1 Å². The zero-order valence-corrected chi connectivity index (χ0v) is 11.2. The van der Waals surface area contributed by atoms with E-state index in [1.807, 2.05) is 13.8 Å². The van der Waals surface area contributed by atoms with Crippen molar-refractivity contribution in [3.05, 3.63) is 29.8 Å². The number of hydrogen-bond donors (Lipinski definition) is 1. The summed E-state index contributed by atoms with van der Waals surface area (Å²) >= 11 is 0. The van der Waals surface area contributed by atoms with Crippen LogP contribution in [0.1, 0.15) is 20.3 Å². The maximum atomic E-state index is 13.4. The highest BCUT2D eigenvalue weighted by Gasteiger charge is 2.24. The molecule has 0 spiro atoms. The van der Waals surface area contributed by atoms with Gasteiger partial charge in [0, 0.05) is 0 Å². The predicted molar refractivity (Wildman–Crippen MR) is 65.9 cm³/mol. The Labute approximate surface area is 106 Å². The first-order valence-corrected chi connectivity index (χ1v) is 7.21. The number of sulfone groups is 1. The van der Waals surface area contributed by atoms with E-state index in [4.69, 9.17) is 5.73 Å². The van der Waals surface area contributed by atoms with Crippen molar-refractivity contribution >= 4 is 9.84 Å². The van der Waals surface area contributed by atoms with E-state index in [1.165, 1.54) is 0 Å². The van der Waals surface area contributed by atoms with Crippen LogP contribution in [0.4, 0.5) is 8.78 Å².